The van der Waals surface area contributed by atoms with Crippen molar-refractivity contribution in [3.63, 3.8) is 0 Å². The third-order valence-corrected chi connectivity index (χ3v) is 6.75. The summed E-state index contributed by atoms with van der Waals surface area (Å²) in [4.78, 5) is 44.1. The SMILES string of the molecule is O=C(Cc1ccccc1)N1CCCC(C(=O)N2CCN(C(=O)c3cc(Cl)cc(Cl)c3)CC2)C1. The second-order valence-electron chi connectivity index (χ2n) is 8.62. The van der Waals surface area contributed by atoms with Crippen molar-refractivity contribution in [3.05, 3.63) is 69.7 Å². The van der Waals surface area contributed by atoms with Crippen LogP contribution in [0, 0.1) is 5.92 Å². The van der Waals surface area contributed by atoms with Gasteiger partial charge in [-0.15, -0.1) is 0 Å². The minimum absolute atomic E-state index is 0.0642. The second-order valence-corrected chi connectivity index (χ2v) is 9.49. The number of nitrogens with zero attached hydrogens (tertiary/aromatic N) is 3. The van der Waals surface area contributed by atoms with Gasteiger partial charge in [0, 0.05) is 54.9 Å². The number of amides is 3. The van der Waals surface area contributed by atoms with Gasteiger partial charge in [-0.25, -0.2) is 0 Å². The highest BCUT2D eigenvalue weighted by Gasteiger charge is 2.33. The van der Waals surface area contributed by atoms with Crippen molar-refractivity contribution < 1.29 is 14.4 Å². The van der Waals surface area contributed by atoms with Crippen molar-refractivity contribution in [2.75, 3.05) is 39.3 Å². The Bertz CT molecular complexity index is 1000. The van der Waals surface area contributed by atoms with Gasteiger partial charge in [0.15, 0.2) is 0 Å². The van der Waals surface area contributed by atoms with Gasteiger partial charge in [-0.1, -0.05) is 53.5 Å². The molecule has 0 aromatic heterocycles. The van der Waals surface area contributed by atoms with E-state index < -0.39 is 0 Å². The fourth-order valence-corrected chi connectivity index (χ4v) is 5.06. The van der Waals surface area contributed by atoms with Crippen molar-refractivity contribution in [1.29, 1.82) is 0 Å². The third-order valence-electron chi connectivity index (χ3n) is 6.31. The van der Waals surface area contributed by atoms with Crippen molar-refractivity contribution in [1.82, 2.24) is 14.7 Å². The van der Waals surface area contributed by atoms with Gasteiger partial charge in [-0.3, -0.25) is 14.4 Å². The monoisotopic (exact) mass is 487 g/mol. The van der Waals surface area contributed by atoms with Crippen LogP contribution in [-0.4, -0.2) is 71.7 Å². The Morgan fingerprint density at radius 3 is 2.12 bits per heavy atom. The highest BCUT2D eigenvalue weighted by Crippen LogP contribution is 2.23. The number of piperazine rings is 1. The quantitative estimate of drug-likeness (QED) is 0.659. The van der Waals surface area contributed by atoms with Gasteiger partial charge < -0.3 is 14.7 Å². The molecule has 33 heavy (non-hydrogen) atoms. The van der Waals surface area contributed by atoms with E-state index in [4.69, 9.17) is 23.2 Å². The van der Waals surface area contributed by atoms with Crippen molar-refractivity contribution >= 4 is 40.9 Å². The molecule has 2 fully saturated rings. The highest BCUT2D eigenvalue weighted by atomic mass is 35.5. The summed E-state index contributed by atoms with van der Waals surface area (Å²) < 4.78 is 0. The Morgan fingerprint density at radius 2 is 1.45 bits per heavy atom. The van der Waals surface area contributed by atoms with E-state index in [-0.39, 0.29) is 23.6 Å². The average Bonchev–Trinajstić information content (AvgIpc) is 2.83. The zero-order valence-corrected chi connectivity index (χ0v) is 19.9. The Hall–Kier alpha value is -2.57. The number of carbonyl (C=O) groups is 3. The zero-order valence-electron chi connectivity index (χ0n) is 18.4. The van der Waals surface area contributed by atoms with Crippen LogP contribution in [0.5, 0.6) is 0 Å². The molecular weight excluding hydrogens is 461 g/mol. The van der Waals surface area contributed by atoms with Crippen LogP contribution in [0.25, 0.3) is 0 Å². The number of likely N-dealkylation sites (tertiary alicyclic amines) is 1. The molecular formula is C25H27Cl2N3O3. The molecule has 8 heteroatoms. The van der Waals surface area contributed by atoms with Gasteiger partial charge in [0.2, 0.25) is 11.8 Å². The van der Waals surface area contributed by atoms with E-state index in [1.807, 2.05) is 40.1 Å². The summed E-state index contributed by atoms with van der Waals surface area (Å²) >= 11 is 12.1. The molecule has 2 heterocycles. The largest absolute Gasteiger partial charge is 0.342 e. The molecule has 0 N–H and O–H groups in total. The molecule has 0 spiro atoms. The standard InChI is InChI=1S/C25H27Cl2N3O3/c26-21-14-20(15-22(27)16-21)25(33)29-11-9-28(10-12-29)24(32)19-7-4-8-30(17-19)23(31)13-18-5-2-1-3-6-18/h1-3,5-6,14-16,19H,4,7-13,17H2. The van der Waals surface area contributed by atoms with Crippen LogP contribution in [0.3, 0.4) is 0 Å². The third kappa shape index (κ3) is 5.87. The van der Waals surface area contributed by atoms with Crippen LogP contribution in [0.4, 0.5) is 0 Å². The predicted molar refractivity (Wildman–Crippen MR) is 128 cm³/mol. The molecule has 3 amide bonds. The molecule has 4 rings (SSSR count). The topological polar surface area (TPSA) is 60.9 Å². The number of piperidine rings is 1. The molecule has 2 aromatic carbocycles. The lowest BCUT2D eigenvalue weighted by Crippen LogP contribution is -2.54. The van der Waals surface area contributed by atoms with E-state index >= 15 is 0 Å². The summed E-state index contributed by atoms with van der Waals surface area (Å²) in [5.74, 6) is -0.186. The first kappa shape index (κ1) is 23.6. The van der Waals surface area contributed by atoms with Crippen LogP contribution in [0.15, 0.2) is 48.5 Å². The van der Waals surface area contributed by atoms with E-state index in [0.717, 1.165) is 18.4 Å². The van der Waals surface area contributed by atoms with Crippen LogP contribution < -0.4 is 0 Å². The maximum atomic E-state index is 13.2. The van der Waals surface area contributed by atoms with Crippen molar-refractivity contribution in [3.8, 4) is 0 Å². The van der Waals surface area contributed by atoms with Crippen LogP contribution >= 0.6 is 23.2 Å². The molecule has 0 radical (unpaired) electrons. The first-order valence-corrected chi connectivity index (χ1v) is 12.0. The lowest BCUT2D eigenvalue weighted by atomic mass is 9.95. The number of carbonyl (C=O) groups excluding carboxylic acids is 3. The van der Waals surface area contributed by atoms with E-state index in [0.29, 0.717) is 61.3 Å². The summed E-state index contributed by atoms with van der Waals surface area (Å²) in [6, 6.07) is 14.5. The molecule has 174 valence electrons. The number of rotatable bonds is 4. The molecule has 2 aromatic rings. The Labute approximate surface area is 204 Å². The van der Waals surface area contributed by atoms with E-state index in [2.05, 4.69) is 0 Å². The Balaban J connectivity index is 1.30. The fourth-order valence-electron chi connectivity index (χ4n) is 4.54. The molecule has 0 aliphatic carbocycles. The minimum atomic E-state index is -0.188. The van der Waals surface area contributed by atoms with Gasteiger partial charge in [-0.05, 0) is 36.6 Å². The first-order chi connectivity index (χ1) is 15.9. The van der Waals surface area contributed by atoms with Gasteiger partial charge in [0.25, 0.3) is 5.91 Å². The summed E-state index contributed by atoms with van der Waals surface area (Å²) in [6.07, 6.45) is 1.97. The smallest absolute Gasteiger partial charge is 0.254 e. The molecule has 2 aliphatic heterocycles. The predicted octanol–water partition coefficient (Wildman–Crippen LogP) is 3.76. The number of benzene rings is 2. The maximum Gasteiger partial charge on any atom is 0.254 e. The second kappa shape index (κ2) is 10.6. The van der Waals surface area contributed by atoms with E-state index in [9.17, 15) is 14.4 Å². The normalized spacial score (nSPS) is 18.8. The summed E-state index contributed by atoms with van der Waals surface area (Å²) in [6.45, 7) is 3.03. The Morgan fingerprint density at radius 1 is 0.818 bits per heavy atom. The van der Waals surface area contributed by atoms with Gasteiger partial charge in [0.05, 0.1) is 12.3 Å². The lowest BCUT2D eigenvalue weighted by molar-refractivity contribution is -0.141. The molecule has 2 aliphatic rings. The molecule has 2 saturated heterocycles. The number of halogens is 2. The van der Waals surface area contributed by atoms with E-state index in [1.165, 1.54) is 0 Å². The summed E-state index contributed by atoms with van der Waals surface area (Å²) in [5, 5.41) is 0.839. The van der Waals surface area contributed by atoms with E-state index in [1.54, 1.807) is 23.1 Å². The highest BCUT2D eigenvalue weighted by molar-refractivity contribution is 6.35. The van der Waals surface area contributed by atoms with Crippen molar-refractivity contribution in [2.45, 2.75) is 19.3 Å². The summed E-state index contributed by atoms with van der Waals surface area (Å²) in [7, 11) is 0. The van der Waals surface area contributed by atoms with Gasteiger partial charge in [0.1, 0.15) is 0 Å². The minimum Gasteiger partial charge on any atom is -0.342 e. The fraction of sp³-hybridized carbons (Fsp3) is 0.400. The van der Waals surface area contributed by atoms with Crippen LogP contribution in [0.2, 0.25) is 10.0 Å². The average molecular weight is 488 g/mol. The molecule has 0 bridgehead atoms. The molecule has 6 nitrogen and oxygen atoms in total. The Kier molecular flexibility index (Phi) is 7.56. The van der Waals surface area contributed by atoms with Crippen LogP contribution in [0.1, 0.15) is 28.8 Å². The number of hydrogen-bond donors (Lipinski definition) is 0. The zero-order chi connectivity index (χ0) is 23.4. The first-order valence-electron chi connectivity index (χ1n) is 11.3. The molecule has 0 saturated carbocycles. The van der Waals surface area contributed by atoms with Crippen LogP contribution in [-0.2, 0) is 16.0 Å². The summed E-state index contributed by atoms with van der Waals surface area (Å²) in [5.41, 5.74) is 1.44. The van der Waals surface area contributed by atoms with Gasteiger partial charge in [-0.2, -0.15) is 0 Å². The maximum absolute atomic E-state index is 13.2. The van der Waals surface area contributed by atoms with Gasteiger partial charge >= 0.3 is 0 Å². The molecule has 1 unspecified atom stereocenters. The molecule has 1 atom stereocenters. The lowest BCUT2D eigenvalue weighted by Gasteiger charge is -2.39. The number of hydrogen-bond acceptors (Lipinski definition) is 3. The van der Waals surface area contributed by atoms with Crippen molar-refractivity contribution in [2.24, 2.45) is 5.92 Å².